The second kappa shape index (κ2) is 6.32. The van der Waals surface area contributed by atoms with Crippen LogP contribution < -0.4 is 4.31 Å². The van der Waals surface area contributed by atoms with Crippen LogP contribution in [0.2, 0.25) is 0 Å². The molecule has 2 aromatic heterocycles. The van der Waals surface area contributed by atoms with E-state index in [1.807, 2.05) is 30.9 Å². The first-order chi connectivity index (χ1) is 12.9. The topological polar surface area (TPSA) is 29.0 Å². The van der Waals surface area contributed by atoms with Crippen LogP contribution in [-0.2, 0) is 0 Å². The zero-order valence-corrected chi connectivity index (χ0v) is 14.7. The van der Waals surface area contributed by atoms with Gasteiger partial charge in [-0.2, -0.15) is 0 Å². The van der Waals surface area contributed by atoms with Crippen LogP contribution in [0.25, 0.3) is 22.3 Å². The maximum absolute atomic E-state index is 4.37. The third kappa shape index (κ3) is 2.47. The van der Waals surface area contributed by atoms with Crippen LogP contribution in [0, 0.1) is 0 Å². The van der Waals surface area contributed by atoms with E-state index in [0.717, 1.165) is 28.1 Å². The molecule has 0 atom stereocenters. The molecule has 4 heteroatoms. The molecule has 0 bridgehead atoms. The van der Waals surface area contributed by atoms with Gasteiger partial charge in [-0.3, -0.25) is 14.3 Å². The largest absolute Gasteiger partial charge is 0.279 e. The van der Waals surface area contributed by atoms with Crippen LogP contribution >= 0.6 is 11.9 Å². The molecular formula is C22H15N3S. The van der Waals surface area contributed by atoms with Crippen molar-refractivity contribution in [2.24, 2.45) is 0 Å². The van der Waals surface area contributed by atoms with Crippen molar-refractivity contribution in [3.63, 3.8) is 0 Å². The van der Waals surface area contributed by atoms with Crippen molar-refractivity contribution < 1.29 is 0 Å². The lowest BCUT2D eigenvalue weighted by Gasteiger charge is -2.32. The minimum Gasteiger partial charge on any atom is -0.279 e. The summed E-state index contributed by atoms with van der Waals surface area (Å²) in [7, 11) is 0. The summed E-state index contributed by atoms with van der Waals surface area (Å²) in [6.45, 7) is 0. The molecule has 2 aromatic carbocycles. The maximum atomic E-state index is 4.37. The number of rotatable bonds is 2. The van der Waals surface area contributed by atoms with Gasteiger partial charge in [-0.15, -0.1) is 0 Å². The van der Waals surface area contributed by atoms with Gasteiger partial charge in [0.2, 0.25) is 0 Å². The maximum Gasteiger partial charge on any atom is 0.0638 e. The molecular weight excluding hydrogens is 338 g/mol. The highest BCUT2D eigenvalue weighted by atomic mass is 32.2. The lowest BCUT2D eigenvalue weighted by molar-refractivity contribution is 1.25. The molecule has 1 aliphatic heterocycles. The SMILES string of the molecule is c1ccc(-c2cnccc2N2Sc3ccccc3-c3cnccc32)cc1. The van der Waals surface area contributed by atoms with Gasteiger partial charge >= 0.3 is 0 Å². The molecule has 0 aliphatic carbocycles. The molecule has 4 aromatic rings. The van der Waals surface area contributed by atoms with Gasteiger partial charge in [-0.05, 0) is 35.7 Å². The van der Waals surface area contributed by atoms with E-state index < -0.39 is 0 Å². The number of aromatic nitrogens is 2. The lowest BCUT2D eigenvalue weighted by Crippen LogP contribution is -2.13. The third-order valence-corrected chi connectivity index (χ3v) is 5.61. The highest BCUT2D eigenvalue weighted by molar-refractivity contribution is 8.01. The number of anilines is 2. The fourth-order valence-corrected chi connectivity index (χ4v) is 4.40. The Bertz CT molecular complexity index is 1080. The van der Waals surface area contributed by atoms with Gasteiger partial charge < -0.3 is 0 Å². The highest BCUT2D eigenvalue weighted by Gasteiger charge is 2.25. The minimum atomic E-state index is 1.11. The van der Waals surface area contributed by atoms with E-state index in [4.69, 9.17) is 0 Å². The van der Waals surface area contributed by atoms with Crippen molar-refractivity contribution in [3.05, 3.63) is 91.5 Å². The van der Waals surface area contributed by atoms with E-state index in [1.165, 1.54) is 10.5 Å². The Hall–Kier alpha value is -3.11. The van der Waals surface area contributed by atoms with E-state index in [0.29, 0.717) is 0 Å². The predicted octanol–water partition coefficient (Wildman–Crippen LogP) is 5.97. The summed E-state index contributed by atoms with van der Waals surface area (Å²) in [6.07, 6.45) is 7.59. The van der Waals surface area contributed by atoms with Gasteiger partial charge in [-0.1, -0.05) is 48.5 Å². The van der Waals surface area contributed by atoms with E-state index in [-0.39, 0.29) is 0 Å². The molecule has 0 amide bonds. The molecule has 3 nitrogen and oxygen atoms in total. The van der Waals surface area contributed by atoms with Crippen LogP contribution in [0.4, 0.5) is 11.4 Å². The Morgan fingerprint density at radius 3 is 2.08 bits per heavy atom. The first kappa shape index (κ1) is 15.2. The molecule has 0 fully saturated rings. The van der Waals surface area contributed by atoms with Crippen molar-refractivity contribution >= 4 is 23.3 Å². The number of hydrogen-bond acceptors (Lipinski definition) is 4. The van der Waals surface area contributed by atoms with E-state index in [2.05, 4.69) is 74.9 Å². The summed E-state index contributed by atoms with van der Waals surface area (Å²) in [6, 6.07) is 23.0. The normalized spacial score (nSPS) is 12.4. The number of hydrogen-bond donors (Lipinski definition) is 0. The smallest absolute Gasteiger partial charge is 0.0638 e. The standard InChI is InChI=1S/C22H15N3S/c1-2-6-16(7-3-1)18-14-23-12-10-20(18)25-21-11-13-24-15-19(21)17-8-4-5-9-22(17)26-25/h1-15H. The molecule has 26 heavy (non-hydrogen) atoms. The fraction of sp³-hybridized carbons (Fsp3) is 0. The number of benzene rings is 2. The summed E-state index contributed by atoms with van der Waals surface area (Å²) in [5.74, 6) is 0. The Balaban J connectivity index is 1.72. The van der Waals surface area contributed by atoms with Crippen molar-refractivity contribution in [2.75, 3.05) is 4.31 Å². The van der Waals surface area contributed by atoms with Crippen LogP contribution in [0.5, 0.6) is 0 Å². The van der Waals surface area contributed by atoms with Crippen molar-refractivity contribution in [2.45, 2.75) is 4.90 Å². The van der Waals surface area contributed by atoms with Crippen molar-refractivity contribution in [3.8, 4) is 22.3 Å². The lowest BCUT2D eigenvalue weighted by atomic mass is 10.0. The Morgan fingerprint density at radius 2 is 1.27 bits per heavy atom. The summed E-state index contributed by atoms with van der Waals surface area (Å²) in [5.41, 5.74) is 6.92. The number of fused-ring (bicyclic) bond motifs is 3. The Morgan fingerprint density at radius 1 is 0.615 bits per heavy atom. The zero-order chi connectivity index (χ0) is 17.3. The first-order valence-corrected chi connectivity index (χ1v) is 9.20. The number of nitrogens with zero attached hydrogens (tertiary/aromatic N) is 3. The summed E-state index contributed by atoms with van der Waals surface area (Å²) in [4.78, 5) is 9.95. The van der Waals surface area contributed by atoms with Crippen LogP contribution in [-0.4, -0.2) is 9.97 Å². The van der Waals surface area contributed by atoms with Gasteiger partial charge in [0.15, 0.2) is 0 Å². The van der Waals surface area contributed by atoms with Crippen molar-refractivity contribution in [1.82, 2.24) is 9.97 Å². The minimum absolute atomic E-state index is 1.11. The predicted molar refractivity (Wildman–Crippen MR) is 107 cm³/mol. The average Bonchev–Trinajstić information content (AvgIpc) is 2.74. The second-order valence-corrected chi connectivity index (χ2v) is 7.02. The van der Waals surface area contributed by atoms with Crippen LogP contribution in [0.15, 0.2) is 96.4 Å². The van der Waals surface area contributed by atoms with Crippen LogP contribution in [0.3, 0.4) is 0 Å². The zero-order valence-electron chi connectivity index (χ0n) is 13.9. The molecule has 3 heterocycles. The molecule has 5 rings (SSSR count). The number of pyridine rings is 2. The first-order valence-electron chi connectivity index (χ1n) is 8.43. The monoisotopic (exact) mass is 353 g/mol. The molecule has 0 radical (unpaired) electrons. The van der Waals surface area contributed by atoms with E-state index >= 15 is 0 Å². The second-order valence-electron chi connectivity index (χ2n) is 6.03. The van der Waals surface area contributed by atoms with Gasteiger partial charge in [0.05, 0.1) is 11.4 Å². The Kier molecular flexibility index (Phi) is 3.68. The summed E-state index contributed by atoms with van der Waals surface area (Å²) >= 11 is 1.74. The van der Waals surface area contributed by atoms with Gasteiger partial charge in [0, 0.05) is 46.4 Å². The van der Waals surface area contributed by atoms with E-state index in [9.17, 15) is 0 Å². The summed E-state index contributed by atoms with van der Waals surface area (Å²) < 4.78 is 2.28. The molecule has 0 unspecified atom stereocenters. The average molecular weight is 353 g/mol. The van der Waals surface area contributed by atoms with Crippen molar-refractivity contribution in [1.29, 1.82) is 0 Å². The molecule has 1 aliphatic rings. The Labute approximate surface area is 156 Å². The highest BCUT2D eigenvalue weighted by Crippen LogP contribution is 2.51. The third-order valence-electron chi connectivity index (χ3n) is 4.49. The molecule has 0 spiro atoms. The molecule has 124 valence electrons. The van der Waals surface area contributed by atoms with Crippen LogP contribution in [0.1, 0.15) is 0 Å². The molecule has 0 N–H and O–H groups in total. The fourth-order valence-electron chi connectivity index (χ4n) is 3.27. The van der Waals surface area contributed by atoms with E-state index in [1.54, 1.807) is 11.9 Å². The van der Waals surface area contributed by atoms with Gasteiger partial charge in [-0.25, -0.2) is 0 Å². The van der Waals surface area contributed by atoms with Gasteiger partial charge in [0.1, 0.15) is 0 Å². The van der Waals surface area contributed by atoms with Gasteiger partial charge in [0.25, 0.3) is 0 Å². The quantitative estimate of drug-likeness (QED) is 0.415. The molecule has 0 saturated heterocycles. The summed E-state index contributed by atoms with van der Waals surface area (Å²) in [5, 5.41) is 0. The molecule has 0 saturated carbocycles.